The van der Waals surface area contributed by atoms with Gasteiger partial charge in [0.15, 0.2) is 0 Å². The molecule has 4 rings (SSSR count). The zero-order valence-corrected chi connectivity index (χ0v) is 18.8. The maximum absolute atomic E-state index is 13.2. The summed E-state index contributed by atoms with van der Waals surface area (Å²) >= 11 is 6.57. The van der Waals surface area contributed by atoms with Crippen molar-refractivity contribution in [2.24, 2.45) is 0 Å². The van der Waals surface area contributed by atoms with E-state index in [1.165, 1.54) is 16.2 Å². The first-order valence-electron chi connectivity index (χ1n) is 9.94. The second-order valence-corrected chi connectivity index (χ2v) is 9.01. The van der Waals surface area contributed by atoms with E-state index in [-0.39, 0.29) is 17.5 Å². The average Bonchev–Trinajstić information content (AvgIpc) is 3.35. The van der Waals surface area contributed by atoms with Gasteiger partial charge in [-0.25, -0.2) is 9.97 Å². The van der Waals surface area contributed by atoms with Crippen LogP contribution in [0.1, 0.15) is 25.8 Å². The molecule has 160 valence electrons. The van der Waals surface area contributed by atoms with Crippen molar-refractivity contribution in [1.82, 2.24) is 23.8 Å². The minimum absolute atomic E-state index is 0.0463. The van der Waals surface area contributed by atoms with Crippen LogP contribution in [0.4, 0.5) is 5.82 Å². The second-order valence-electron chi connectivity index (χ2n) is 7.33. The van der Waals surface area contributed by atoms with E-state index >= 15 is 0 Å². The number of rotatable bonds is 7. The highest BCUT2D eigenvalue weighted by Gasteiger charge is 2.34. The molecule has 1 N–H and O–H groups in total. The third-order valence-corrected chi connectivity index (χ3v) is 6.16. The summed E-state index contributed by atoms with van der Waals surface area (Å²) in [5.41, 5.74) is 0.643. The molecule has 0 atom stereocenters. The number of aromatic nitrogens is 4. The molecule has 0 unspecified atom stereocenters. The SMILES string of the molecule is CC(C)N1C(=O)/C(=C/c2c(NCCCn3ccnc3)nc3ccccn3c2=O)SC1=S. The van der Waals surface area contributed by atoms with Crippen LogP contribution in [-0.4, -0.2) is 46.6 Å². The lowest BCUT2D eigenvalue weighted by molar-refractivity contribution is -0.123. The van der Waals surface area contributed by atoms with E-state index < -0.39 is 0 Å². The van der Waals surface area contributed by atoms with Gasteiger partial charge in [-0.15, -0.1) is 0 Å². The maximum Gasteiger partial charge on any atom is 0.267 e. The van der Waals surface area contributed by atoms with E-state index in [2.05, 4.69) is 15.3 Å². The largest absolute Gasteiger partial charge is 0.369 e. The number of imidazole rings is 1. The van der Waals surface area contributed by atoms with Crippen molar-refractivity contribution in [2.45, 2.75) is 32.9 Å². The van der Waals surface area contributed by atoms with Gasteiger partial charge in [-0.3, -0.25) is 18.9 Å². The fourth-order valence-corrected chi connectivity index (χ4v) is 4.82. The fraction of sp³-hybridized carbons (Fsp3) is 0.286. The summed E-state index contributed by atoms with van der Waals surface area (Å²) < 4.78 is 3.96. The van der Waals surface area contributed by atoms with Gasteiger partial charge in [0, 0.05) is 37.7 Å². The number of pyridine rings is 1. The quantitative estimate of drug-likeness (QED) is 0.334. The van der Waals surface area contributed by atoms with Crippen LogP contribution in [0.2, 0.25) is 0 Å². The summed E-state index contributed by atoms with van der Waals surface area (Å²) in [4.78, 5) is 36.7. The van der Waals surface area contributed by atoms with Crippen LogP contribution in [0.3, 0.4) is 0 Å². The van der Waals surface area contributed by atoms with E-state index in [4.69, 9.17) is 12.2 Å². The Kier molecular flexibility index (Phi) is 6.19. The van der Waals surface area contributed by atoms with E-state index in [1.54, 1.807) is 41.8 Å². The molecule has 0 bridgehead atoms. The molecule has 0 aromatic carbocycles. The maximum atomic E-state index is 13.2. The Hall–Kier alpha value is -2.98. The summed E-state index contributed by atoms with van der Waals surface area (Å²) in [6.07, 6.45) is 9.51. The number of thiocarbonyl (C=S) groups is 1. The molecule has 0 saturated carbocycles. The standard InChI is InChI=1S/C21H22N6O2S2/c1-14(2)27-20(29)16(31-21(27)30)12-15-18(23-7-5-9-25-11-8-22-13-25)24-17-6-3-4-10-26(17)19(15)28/h3-4,6,8,10-14,23H,5,7,9H2,1-2H3/b16-12-. The van der Waals surface area contributed by atoms with Gasteiger partial charge in [0.2, 0.25) is 0 Å². The fourth-order valence-electron chi connectivity index (χ4n) is 3.31. The monoisotopic (exact) mass is 454 g/mol. The van der Waals surface area contributed by atoms with Crippen LogP contribution in [-0.2, 0) is 11.3 Å². The molecule has 0 radical (unpaired) electrons. The Balaban J connectivity index is 1.66. The number of aryl methyl sites for hydroxylation is 1. The van der Waals surface area contributed by atoms with Crippen LogP contribution < -0.4 is 10.9 Å². The molecular formula is C21H22N6O2S2. The number of thioether (sulfide) groups is 1. The molecule has 8 nitrogen and oxygen atoms in total. The van der Waals surface area contributed by atoms with E-state index in [0.717, 1.165) is 13.0 Å². The highest BCUT2D eigenvalue weighted by Crippen LogP contribution is 2.34. The minimum atomic E-state index is -0.238. The Morgan fingerprint density at radius 1 is 1.26 bits per heavy atom. The lowest BCUT2D eigenvalue weighted by atomic mass is 10.2. The number of amides is 1. The van der Waals surface area contributed by atoms with Gasteiger partial charge in [-0.2, -0.15) is 0 Å². The predicted molar refractivity (Wildman–Crippen MR) is 127 cm³/mol. The third kappa shape index (κ3) is 4.40. The van der Waals surface area contributed by atoms with Crippen molar-refractivity contribution in [2.75, 3.05) is 11.9 Å². The van der Waals surface area contributed by atoms with Gasteiger partial charge in [-0.1, -0.05) is 30.0 Å². The molecule has 0 spiro atoms. The number of carbonyl (C=O) groups is 1. The van der Waals surface area contributed by atoms with Gasteiger partial charge in [0.1, 0.15) is 15.8 Å². The van der Waals surface area contributed by atoms with E-state index in [1.807, 2.05) is 30.7 Å². The van der Waals surface area contributed by atoms with Crippen LogP contribution in [0.5, 0.6) is 0 Å². The van der Waals surface area contributed by atoms with Gasteiger partial charge in [-0.05, 0) is 38.5 Å². The zero-order valence-electron chi connectivity index (χ0n) is 17.2. The lowest BCUT2D eigenvalue weighted by Crippen LogP contribution is -2.34. The topological polar surface area (TPSA) is 84.5 Å². The number of hydrogen-bond donors (Lipinski definition) is 1. The van der Waals surface area contributed by atoms with Crippen LogP contribution in [0.15, 0.2) is 52.8 Å². The van der Waals surface area contributed by atoms with Crippen LogP contribution in [0, 0.1) is 0 Å². The van der Waals surface area contributed by atoms with E-state index in [9.17, 15) is 9.59 Å². The summed E-state index contributed by atoms with van der Waals surface area (Å²) in [5.74, 6) is 0.269. The van der Waals surface area contributed by atoms with Gasteiger partial charge in [0.05, 0.1) is 16.8 Å². The van der Waals surface area contributed by atoms with Gasteiger partial charge in [0.25, 0.3) is 11.5 Å². The van der Waals surface area contributed by atoms with Crippen molar-refractivity contribution in [3.63, 3.8) is 0 Å². The van der Waals surface area contributed by atoms with Crippen molar-refractivity contribution in [3.05, 3.63) is 63.9 Å². The number of fused-ring (bicyclic) bond motifs is 1. The first kappa shape index (κ1) is 21.3. The second kappa shape index (κ2) is 9.03. The van der Waals surface area contributed by atoms with Crippen LogP contribution in [0.25, 0.3) is 11.7 Å². The number of nitrogens with zero attached hydrogens (tertiary/aromatic N) is 5. The van der Waals surface area contributed by atoms with Crippen molar-refractivity contribution < 1.29 is 4.79 Å². The van der Waals surface area contributed by atoms with Crippen molar-refractivity contribution >= 4 is 51.7 Å². The Bertz CT molecular complexity index is 1220. The van der Waals surface area contributed by atoms with Crippen molar-refractivity contribution in [3.8, 4) is 0 Å². The summed E-state index contributed by atoms with van der Waals surface area (Å²) in [6, 6.07) is 5.34. The number of nitrogens with one attached hydrogen (secondary N) is 1. The summed E-state index contributed by atoms with van der Waals surface area (Å²) in [6.45, 7) is 5.23. The normalized spacial score (nSPS) is 15.6. The van der Waals surface area contributed by atoms with Crippen LogP contribution >= 0.6 is 24.0 Å². The number of anilines is 1. The molecule has 1 aliphatic heterocycles. The molecular weight excluding hydrogens is 432 g/mol. The van der Waals surface area contributed by atoms with Crippen molar-refractivity contribution in [1.29, 1.82) is 0 Å². The molecule has 1 aliphatic rings. The smallest absolute Gasteiger partial charge is 0.267 e. The minimum Gasteiger partial charge on any atom is -0.369 e. The first-order valence-corrected chi connectivity index (χ1v) is 11.2. The summed E-state index contributed by atoms with van der Waals surface area (Å²) in [7, 11) is 0. The summed E-state index contributed by atoms with van der Waals surface area (Å²) in [5, 5.41) is 3.27. The molecule has 4 heterocycles. The Morgan fingerprint density at radius 3 is 2.81 bits per heavy atom. The highest BCUT2D eigenvalue weighted by molar-refractivity contribution is 8.26. The van der Waals surface area contributed by atoms with Gasteiger partial charge < -0.3 is 9.88 Å². The molecule has 1 fully saturated rings. The molecule has 3 aromatic rings. The Morgan fingerprint density at radius 2 is 2.10 bits per heavy atom. The first-order chi connectivity index (χ1) is 15.0. The molecule has 1 amide bonds. The lowest BCUT2D eigenvalue weighted by Gasteiger charge is -2.18. The highest BCUT2D eigenvalue weighted by atomic mass is 32.2. The predicted octanol–water partition coefficient (Wildman–Crippen LogP) is 3.00. The van der Waals surface area contributed by atoms with E-state index in [0.29, 0.717) is 32.8 Å². The Labute approximate surface area is 189 Å². The molecule has 3 aromatic heterocycles. The third-order valence-electron chi connectivity index (χ3n) is 4.83. The number of carbonyl (C=O) groups excluding carboxylic acids is 1. The molecule has 0 aliphatic carbocycles. The molecule has 10 heteroatoms. The zero-order chi connectivity index (χ0) is 22.0. The molecule has 31 heavy (non-hydrogen) atoms. The average molecular weight is 455 g/mol. The molecule has 1 saturated heterocycles. The number of hydrogen-bond acceptors (Lipinski definition) is 7. The van der Waals surface area contributed by atoms with Gasteiger partial charge >= 0.3 is 0 Å².